The van der Waals surface area contributed by atoms with Crippen LogP contribution in [0, 0.1) is 5.82 Å². The minimum atomic E-state index is -0.364. The lowest BCUT2D eigenvalue weighted by Crippen LogP contribution is -2.20. The normalized spacial score (nSPS) is 10.3. The maximum atomic E-state index is 12.8. The van der Waals surface area contributed by atoms with Crippen LogP contribution in [0.1, 0.15) is 0 Å². The number of methoxy groups -OCH3 is 2. The summed E-state index contributed by atoms with van der Waals surface area (Å²) in [5.41, 5.74) is 1.54. The summed E-state index contributed by atoms with van der Waals surface area (Å²) in [6.07, 6.45) is 0. The molecule has 0 saturated carbocycles. The lowest BCUT2D eigenvalue weighted by molar-refractivity contribution is -0.118. The average Bonchev–Trinajstić information content (AvgIpc) is 3.15. The molecule has 0 saturated heterocycles. The van der Waals surface area contributed by atoms with Gasteiger partial charge in [0.15, 0.2) is 23.2 Å². The number of carbonyl (C=O) groups excluding carboxylic acids is 1. The molecule has 0 aliphatic rings. The van der Waals surface area contributed by atoms with Crippen molar-refractivity contribution in [3.8, 4) is 28.5 Å². The summed E-state index contributed by atoms with van der Waals surface area (Å²) in [5.74, 6) is 0.922. The Labute approximate surface area is 159 Å². The van der Waals surface area contributed by atoms with Crippen molar-refractivity contribution in [2.75, 3.05) is 26.1 Å². The predicted octanol–water partition coefficient (Wildman–Crippen LogP) is 3.98. The van der Waals surface area contributed by atoms with Gasteiger partial charge in [-0.3, -0.25) is 10.1 Å². The number of nitrogens with zero attached hydrogens (tertiary/aromatic N) is 1. The first kappa shape index (κ1) is 18.7. The molecule has 1 heterocycles. The highest BCUT2D eigenvalue weighted by Gasteiger charge is 2.11. The molecule has 6 nitrogen and oxygen atoms in total. The summed E-state index contributed by atoms with van der Waals surface area (Å²) in [5, 5.41) is 4.96. The fraction of sp³-hybridized carbons (Fsp3) is 0.158. The smallest absolute Gasteiger partial charge is 0.264 e. The van der Waals surface area contributed by atoms with E-state index >= 15 is 0 Å². The Kier molecular flexibility index (Phi) is 5.87. The van der Waals surface area contributed by atoms with Crippen LogP contribution >= 0.6 is 11.3 Å². The molecular formula is C19H17FN2O4S. The maximum absolute atomic E-state index is 12.8. The van der Waals surface area contributed by atoms with Crippen LogP contribution in [-0.2, 0) is 4.79 Å². The standard InChI is InChI=1S/C19H17FN2O4S/c1-24-16-8-3-12(9-17(16)25-2)15-11-27-19(21-15)22-18(23)10-26-14-6-4-13(20)5-7-14/h3-9,11H,10H2,1-2H3,(H,21,22,23). The fourth-order valence-electron chi connectivity index (χ4n) is 2.29. The number of hydrogen-bond acceptors (Lipinski definition) is 6. The maximum Gasteiger partial charge on any atom is 0.264 e. The van der Waals surface area contributed by atoms with Gasteiger partial charge in [0.2, 0.25) is 0 Å². The van der Waals surface area contributed by atoms with Gasteiger partial charge in [-0.15, -0.1) is 11.3 Å². The molecule has 0 radical (unpaired) electrons. The molecule has 1 aromatic heterocycles. The van der Waals surface area contributed by atoms with Crippen molar-refractivity contribution in [1.82, 2.24) is 4.98 Å². The zero-order valence-electron chi connectivity index (χ0n) is 14.7. The second-order valence-corrected chi connectivity index (χ2v) is 6.26. The summed E-state index contributed by atoms with van der Waals surface area (Å²) < 4.78 is 28.7. The van der Waals surface area contributed by atoms with Crippen LogP contribution in [0.4, 0.5) is 9.52 Å². The number of hydrogen-bond donors (Lipinski definition) is 1. The number of aromatic nitrogens is 1. The highest BCUT2D eigenvalue weighted by molar-refractivity contribution is 7.14. The summed E-state index contributed by atoms with van der Waals surface area (Å²) in [4.78, 5) is 16.4. The summed E-state index contributed by atoms with van der Waals surface area (Å²) in [7, 11) is 3.14. The van der Waals surface area contributed by atoms with E-state index in [4.69, 9.17) is 14.2 Å². The molecule has 0 bridgehead atoms. The van der Waals surface area contributed by atoms with Crippen LogP contribution in [0.5, 0.6) is 17.2 Å². The van der Waals surface area contributed by atoms with Crippen molar-refractivity contribution in [2.45, 2.75) is 0 Å². The van der Waals surface area contributed by atoms with Crippen molar-refractivity contribution in [3.05, 3.63) is 53.7 Å². The largest absolute Gasteiger partial charge is 0.493 e. The van der Waals surface area contributed by atoms with Crippen LogP contribution in [0.3, 0.4) is 0 Å². The highest BCUT2D eigenvalue weighted by atomic mass is 32.1. The number of anilines is 1. The zero-order chi connectivity index (χ0) is 19.2. The molecule has 8 heteroatoms. The second-order valence-electron chi connectivity index (χ2n) is 5.40. The third kappa shape index (κ3) is 4.73. The van der Waals surface area contributed by atoms with Crippen LogP contribution < -0.4 is 19.5 Å². The van der Waals surface area contributed by atoms with E-state index in [0.29, 0.717) is 28.1 Å². The molecule has 0 spiro atoms. The summed E-state index contributed by atoms with van der Waals surface area (Å²) in [6.45, 7) is -0.198. The van der Waals surface area contributed by atoms with Gasteiger partial charge < -0.3 is 14.2 Å². The number of benzene rings is 2. The number of halogens is 1. The third-order valence-electron chi connectivity index (χ3n) is 3.61. The zero-order valence-corrected chi connectivity index (χ0v) is 15.5. The van der Waals surface area contributed by atoms with Gasteiger partial charge >= 0.3 is 0 Å². The van der Waals surface area contributed by atoms with E-state index in [1.54, 1.807) is 20.3 Å². The number of amides is 1. The lowest BCUT2D eigenvalue weighted by atomic mass is 10.1. The van der Waals surface area contributed by atoms with Gasteiger partial charge in [0.1, 0.15) is 11.6 Å². The van der Waals surface area contributed by atoms with Gasteiger partial charge in [0.25, 0.3) is 5.91 Å². The number of nitrogens with one attached hydrogen (secondary N) is 1. The SMILES string of the molecule is COc1ccc(-c2csc(NC(=O)COc3ccc(F)cc3)n2)cc1OC. The van der Waals surface area contributed by atoms with E-state index in [9.17, 15) is 9.18 Å². The van der Waals surface area contributed by atoms with Crippen LogP contribution in [0.15, 0.2) is 47.8 Å². The summed E-state index contributed by atoms with van der Waals surface area (Å²) in [6, 6.07) is 10.9. The van der Waals surface area contributed by atoms with Crippen molar-refractivity contribution in [1.29, 1.82) is 0 Å². The lowest BCUT2D eigenvalue weighted by Gasteiger charge is -2.08. The molecule has 1 N–H and O–H groups in total. The van der Waals surface area contributed by atoms with Gasteiger partial charge in [-0.05, 0) is 42.5 Å². The van der Waals surface area contributed by atoms with Crippen LogP contribution in [0.25, 0.3) is 11.3 Å². The van der Waals surface area contributed by atoms with Gasteiger partial charge in [-0.2, -0.15) is 0 Å². The van der Waals surface area contributed by atoms with Crippen molar-refractivity contribution in [3.63, 3.8) is 0 Å². The minimum absolute atomic E-state index is 0.198. The first-order valence-corrected chi connectivity index (χ1v) is 8.83. The monoisotopic (exact) mass is 388 g/mol. The summed E-state index contributed by atoms with van der Waals surface area (Å²) >= 11 is 1.30. The first-order chi connectivity index (χ1) is 13.1. The Balaban J connectivity index is 1.62. The highest BCUT2D eigenvalue weighted by Crippen LogP contribution is 2.33. The van der Waals surface area contributed by atoms with Crippen molar-refractivity contribution >= 4 is 22.4 Å². The van der Waals surface area contributed by atoms with Gasteiger partial charge in [-0.1, -0.05) is 0 Å². The number of rotatable bonds is 7. The van der Waals surface area contributed by atoms with E-state index in [-0.39, 0.29) is 18.3 Å². The van der Waals surface area contributed by atoms with Crippen molar-refractivity contribution < 1.29 is 23.4 Å². The molecule has 2 aromatic carbocycles. The van der Waals surface area contributed by atoms with Gasteiger partial charge in [0.05, 0.1) is 19.9 Å². The van der Waals surface area contributed by atoms with E-state index in [1.165, 1.54) is 35.6 Å². The van der Waals surface area contributed by atoms with Crippen LogP contribution in [0.2, 0.25) is 0 Å². The van der Waals surface area contributed by atoms with Crippen LogP contribution in [-0.4, -0.2) is 31.7 Å². The van der Waals surface area contributed by atoms with Gasteiger partial charge in [-0.25, -0.2) is 9.37 Å². The third-order valence-corrected chi connectivity index (χ3v) is 4.37. The molecule has 3 aromatic rings. The Morgan fingerprint density at radius 3 is 2.56 bits per heavy atom. The molecule has 27 heavy (non-hydrogen) atoms. The minimum Gasteiger partial charge on any atom is -0.493 e. The molecule has 0 atom stereocenters. The Morgan fingerprint density at radius 1 is 1.11 bits per heavy atom. The molecular weight excluding hydrogens is 371 g/mol. The topological polar surface area (TPSA) is 69.7 Å². The Bertz CT molecular complexity index is 928. The fourth-order valence-corrected chi connectivity index (χ4v) is 3.03. The Hall–Kier alpha value is -3.13. The molecule has 0 fully saturated rings. The van der Waals surface area contributed by atoms with Gasteiger partial charge in [0, 0.05) is 10.9 Å². The molecule has 1 amide bonds. The molecule has 3 rings (SSSR count). The second kappa shape index (κ2) is 8.50. The quantitative estimate of drug-likeness (QED) is 0.663. The average molecular weight is 388 g/mol. The number of carbonyl (C=O) groups is 1. The number of thiazole rings is 1. The Morgan fingerprint density at radius 2 is 1.85 bits per heavy atom. The van der Waals surface area contributed by atoms with E-state index in [0.717, 1.165) is 5.56 Å². The van der Waals surface area contributed by atoms with Crippen molar-refractivity contribution in [2.24, 2.45) is 0 Å². The van der Waals surface area contributed by atoms with E-state index in [1.807, 2.05) is 17.5 Å². The van der Waals surface area contributed by atoms with E-state index < -0.39 is 0 Å². The first-order valence-electron chi connectivity index (χ1n) is 7.95. The number of ether oxygens (including phenoxy) is 3. The predicted molar refractivity (Wildman–Crippen MR) is 101 cm³/mol. The van der Waals surface area contributed by atoms with E-state index in [2.05, 4.69) is 10.3 Å². The molecule has 0 unspecified atom stereocenters. The molecule has 0 aliphatic carbocycles. The molecule has 0 aliphatic heterocycles. The molecule has 140 valence electrons.